The minimum absolute atomic E-state index is 0.0382. The van der Waals surface area contributed by atoms with Crippen molar-refractivity contribution < 1.29 is 4.79 Å². The number of nitrogens with zero attached hydrogens (tertiary/aromatic N) is 1. The number of carbonyl (C=O) groups is 1. The van der Waals surface area contributed by atoms with Crippen LogP contribution in [0.3, 0.4) is 0 Å². The second-order valence-electron chi connectivity index (χ2n) is 3.10. The molecule has 2 aliphatic rings. The normalized spacial score (nSPS) is 28.8. The van der Waals surface area contributed by atoms with Crippen molar-refractivity contribution in [3.05, 3.63) is 12.2 Å². The highest BCUT2D eigenvalue weighted by Gasteiger charge is 2.47. The summed E-state index contributed by atoms with van der Waals surface area (Å²) in [6.45, 7) is 1.94. The fourth-order valence-corrected chi connectivity index (χ4v) is 1.48. The Morgan fingerprint density at radius 2 is 1.90 bits per heavy atom. The van der Waals surface area contributed by atoms with Crippen LogP contribution in [0.15, 0.2) is 12.2 Å². The van der Waals surface area contributed by atoms with E-state index in [0.717, 1.165) is 32.2 Å². The van der Waals surface area contributed by atoms with Gasteiger partial charge in [0.2, 0.25) is 0 Å². The number of hydrogen-bond acceptors (Lipinski definition) is 2. The fraction of sp³-hybridized carbons (Fsp3) is 0.625. The van der Waals surface area contributed by atoms with E-state index >= 15 is 0 Å². The summed E-state index contributed by atoms with van der Waals surface area (Å²) >= 11 is 0. The summed E-state index contributed by atoms with van der Waals surface area (Å²) < 4.78 is 0. The SMILES string of the molecule is O=CC1(N2CC=CC2)CC1. The molecule has 0 radical (unpaired) electrons. The lowest BCUT2D eigenvalue weighted by Gasteiger charge is -2.20. The van der Waals surface area contributed by atoms with Gasteiger partial charge in [-0.1, -0.05) is 12.2 Å². The molecular weight excluding hydrogens is 126 g/mol. The van der Waals surface area contributed by atoms with Crippen molar-refractivity contribution in [3.63, 3.8) is 0 Å². The zero-order valence-corrected chi connectivity index (χ0v) is 5.92. The maximum atomic E-state index is 10.6. The second-order valence-corrected chi connectivity index (χ2v) is 3.10. The van der Waals surface area contributed by atoms with Gasteiger partial charge in [-0.3, -0.25) is 4.90 Å². The fourth-order valence-electron chi connectivity index (χ4n) is 1.48. The standard InChI is InChI=1S/C8H11NO/c10-7-8(3-4-8)9-5-1-2-6-9/h1-2,7H,3-6H2. The molecular formula is C8H11NO. The first-order valence-corrected chi connectivity index (χ1v) is 3.74. The summed E-state index contributed by atoms with van der Waals surface area (Å²) in [7, 11) is 0. The van der Waals surface area contributed by atoms with E-state index < -0.39 is 0 Å². The van der Waals surface area contributed by atoms with Gasteiger partial charge in [0.15, 0.2) is 0 Å². The van der Waals surface area contributed by atoms with Gasteiger partial charge in [-0.2, -0.15) is 0 Å². The number of carbonyl (C=O) groups excluding carboxylic acids is 1. The minimum atomic E-state index is -0.0382. The van der Waals surface area contributed by atoms with Crippen LogP contribution in [0.1, 0.15) is 12.8 Å². The Bertz CT molecular complexity index is 174. The first-order chi connectivity index (χ1) is 4.87. The van der Waals surface area contributed by atoms with Gasteiger partial charge >= 0.3 is 0 Å². The molecule has 0 bridgehead atoms. The molecule has 0 spiro atoms. The molecule has 0 saturated heterocycles. The van der Waals surface area contributed by atoms with Crippen molar-refractivity contribution in [1.82, 2.24) is 4.90 Å². The van der Waals surface area contributed by atoms with Crippen LogP contribution in [-0.2, 0) is 4.79 Å². The Morgan fingerprint density at radius 1 is 1.30 bits per heavy atom. The smallest absolute Gasteiger partial charge is 0.140 e. The highest BCUT2D eigenvalue weighted by atomic mass is 16.1. The maximum absolute atomic E-state index is 10.6. The quantitative estimate of drug-likeness (QED) is 0.410. The van der Waals surface area contributed by atoms with Crippen molar-refractivity contribution in [2.24, 2.45) is 0 Å². The molecule has 0 unspecified atom stereocenters. The van der Waals surface area contributed by atoms with Gasteiger partial charge in [-0.25, -0.2) is 0 Å². The second kappa shape index (κ2) is 1.92. The van der Waals surface area contributed by atoms with E-state index in [1.165, 1.54) is 0 Å². The summed E-state index contributed by atoms with van der Waals surface area (Å²) in [5.74, 6) is 0. The summed E-state index contributed by atoms with van der Waals surface area (Å²) in [5, 5.41) is 0. The third-order valence-corrected chi connectivity index (χ3v) is 2.43. The summed E-state index contributed by atoms with van der Waals surface area (Å²) in [4.78, 5) is 12.8. The van der Waals surface area contributed by atoms with Crippen LogP contribution >= 0.6 is 0 Å². The first kappa shape index (κ1) is 6.10. The summed E-state index contributed by atoms with van der Waals surface area (Å²) in [5.41, 5.74) is -0.0382. The van der Waals surface area contributed by atoms with Crippen molar-refractivity contribution in [3.8, 4) is 0 Å². The Balaban J connectivity index is 2.05. The van der Waals surface area contributed by atoms with E-state index in [1.54, 1.807) is 0 Å². The molecule has 1 aliphatic heterocycles. The van der Waals surface area contributed by atoms with Gasteiger partial charge in [-0.05, 0) is 12.8 Å². The van der Waals surface area contributed by atoms with Crippen LogP contribution in [0.25, 0.3) is 0 Å². The van der Waals surface area contributed by atoms with E-state index in [2.05, 4.69) is 17.1 Å². The largest absolute Gasteiger partial charge is 0.301 e. The van der Waals surface area contributed by atoms with Gasteiger partial charge in [0.25, 0.3) is 0 Å². The zero-order chi connectivity index (χ0) is 7.03. The van der Waals surface area contributed by atoms with Crippen LogP contribution in [0.4, 0.5) is 0 Å². The van der Waals surface area contributed by atoms with Gasteiger partial charge in [0.05, 0.1) is 5.54 Å². The Hall–Kier alpha value is -0.630. The Morgan fingerprint density at radius 3 is 2.30 bits per heavy atom. The molecule has 10 heavy (non-hydrogen) atoms. The highest BCUT2D eigenvalue weighted by molar-refractivity contribution is 5.69. The van der Waals surface area contributed by atoms with E-state index in [9.17, 15) is 4.79 Å². The third-order valence-electron chi connectivity index (χ3n) is 2.43. The zero-order valence-electron chi connectivity index (χ0n) is 5.92. The average molecular weight is 137 g/mol. The number of rotatable bonds is 2. The first-order valence-electron chi connectivity index (χ1n) is 3.74. The molecule has 1 fully saturated rings. The van der Waals surface area contributed by atoms with Gasteiger partial charge in [0, 0.05) is 13.1 Å². The maximum Gasteiger partial charge on any atom is 0.140 e. The van der Waals surface area contributed by atoms with Crippen molar-refractivity contribution in [2.45, 2.75) is 18.4 Å². The summed E-state index contributed by atoms with van der Waals surface area (Å²) in [6.07, 6.45) is 7.50. The minimum Gasteiger partial charge on any atom is -0.301 e. The van der Waals surface area contributed by atoms with Gasteiger partial charge < -0.3 is 4.79 Å². The molecule has 1 heterocycles. The van der Waals surface area contributed by atoms with E-state index in [1.807, 2.05) is 0 Å². The Kier molecular flexibility index (Phi) is 1.17. The van der Waals surface area contributed by atoms with Crippen LogP contribution in [-0.4, -0.2) is 29.8 Å². The molecule has 54 valence electrons. The molecule has 0 amide bonds. The van der Waals surface area contributed by atoms with Crippen LogP contribution in [0.5, 0.6) is 0 Å². The lowest BCUT2D eigenvalue weighted by molar-refractivity contribution is -0.113. The predicted molar refractivity (Wildman–Crippen MR) is 38.7 cm³/mol. The van der Waals surface area contributed by atoms with Crippen LogP contribution in [0.2, 0.25) is 0 Å². The predicted octanol–water partition coefficient (Wildman–Crippen LogP) is 0.590. The van der Waals surface area contributed by atoms with E-state index in [0.29, 0.717) is 0 Å². The highest BCUT2D eigenvalue weighted by Crippen LogP contribution is 2.40. The molecule has 1 aliphatic carbocycles. The molecule has 1 saturated carbocycles. The number of aldehydes is 1. The molecule has 2 rings (SSSR count). The van der Waals surface area contributed by atoms with E-state index in [4.69, 9.17) is 0 Å². The summed E-state index contributed by atoms with van der Waals surface area (Å²) in [6, 6.07) is 0. The lowest BCUT2D eigenvalue weighted by Crippen LogP contribution is -2.36. The average Bonchev–Trinajstić information content (AvgIpc) is 2.58. The Labute approximate surface area is 60.5 Å². The van der Waals surface area contributed by atoms with Gasteiger partial charge in [0.1, 0.15) is 6.29 Å². The molecule has 0 N–H and O–H groups in total. The van der Waals surface area contributed by atoms with Crippen molar-refractivity contribution >= 4 is 6.29 Å². The van der Waals surface area contributed by atoms with E-state index in [-0.39, 0.29) is 5.54 Å². The molecule has 0 aromatic carbocycles. The van der Waals surface area contributed by atoms with Crippen molar-refractivity contribution in [2.75, 3.05) is 13.1 Å². The molecule has 2 nitrogen and oxygen atoms in total. The van der Waals surface area contributed by atoms with Crippen LogP contribution in [0, 0.1) is 0 Å². The van der Waals surface area contributed by atoms with Gasteiger partial charge in [-0.15, -0.1) is 0 Å². The third kappa shape index (κ3) is 0.721. The molecule has 0 aromatic heterocycles. The van der Waals surface area contributed by atoms with Crippen molar-refractivity contribution in [1.29, 1.82) is 0 Å². The molecule has 2 heteroatoms. The monoisotopic (exact) mass is 137 g/mol. The lowest BCUT2D eigenvalue weighted by atomic mass is 10.3. The van der Waals surface area contributed by atoms with Crippen LogP contribution < -0.4 is 0 Å². The number of hydrogen-bond donors (Lipinski definition) is 0. The topological polar surface area (TPSA) is 20.3 Å². The molecule has 0 aromatic rings. The molecule has 0 atom stereocenters.